The lowest BCUT2D eigenvalue weighted by molar-refractivity contribution is 0.371. The van der Waals surface area contributed by atoms with E-state index in [1.54, 1.807) is 0 Å². The van der Waals surface area contributed by atoms with Crippen molar-refractivity contribution in [2.75, 3.05) is 25.0 Å². The third-order valence-corrected chi connectivity index (χ3v) is 12.8. The lowest BCUT2D eigenvalue weighted by atomic mass is 9.80. The van der Waals surface area contributed by atoms with Crippen molar-refractivity contribution in [3.63, 3.8) is 0 Å². The number of anilines is 2. The molecule has 0 N–H and O–H groups in total. The van der Waals surface area contributed by atoms with Gasteiger partial charge in [0.15, 0.2) is 0 Å². The zero-order chi connectivity index (χ0) is 27.2. The number of aliphatic imine (C=N–C) groups is 1. The van der Waals surface area contributed by atoms with Gasteiger partial charge in [0.05, 0.1) is 5.54 Å². The van der Waals surface area contributed by atoms with E-state index in [0.29, 0.717) is 0 Å². The molecule has 3 unspecified atom stereocenters. The summed E-state index contributed by atoms with van der Waals surface area (Å²) in [5.74, 6) is 0.216. The van der Waals surface area contributed by atoms with Gasteiger partial charge < -0.3 is 4.90 Å². The van der Waals surface area contributed by atoms with Crippen LogP contribution in [0.3, 0.4) is 0 Å². The van der Waals surface area contributed by atoms with Crippen LogP contribution >= 0.6 is 10.0 Å². The molecule has 4 aromatic carbocycles. The second-order valence-corrected chi connectivity index (χ2v) is 14.4. The molecule has 2 aliphatic heterocycles. The van der Waals surface area contributed by atoms with Gasteiger partial charge >= 0.3 is 0 Å². The number of allylic oxidation sites excluding steroid dienone is 1. The molecular formula is C36H35N3S. The number of rotatable bonds is 5. The molecule has 0 spiro atoms. The Morgan fingerprint density at radius 3 is 2.02 bits per heavy atom. The van der Waals surface area contributed by atoms with Gasteiger partial charge in [-0.1, -0.05) is 91.0 Å². The minimum Gasteiger partial charge on any atom is -0.331 e. The molecule has 200 valence electrons. The molecule has 2 heterocycles. The van der Waals surface area contributed by atoms with Crippen LogP contribution < -0.4 is 4.90 Å². The highest BCUT2D eigenvalue weighted by molar-refractivity contribution is 8.37. The Labute approximate surface area is 239 Å². The quantitative estimate of drug-likeness (QED) is 0.253. The molecular weight excluding hydrogens is 506 g/mol. The zero-order valence-corrected chi connectivity index (χ0v) is 23.9. The van der Waals surface area contributed by atoms with Crippen LogP contribution in [0.1, 0.15) is 18.4 Å². The van der Waals surface area contributed by atoms with E-state index in [4.69, 9.17) is 4.99 Å². The predicted molar refractivity (Wildman–Crippen MR) is 170 cm³/mol. The third-order valence-electron chi connectivity index (χ3n) is 8.70. The van der Waals surface area contributed by atoms with Gasteiger partial charge in [-0.05, 0) is 66.9 Å². The van der Waals surface area contributed by atoms with Gasteiger partial charge in [0.25, 0.3) is 0 Å². The highest BCUT2D eigenvalue weighted by Gasteiger charge is 2.50. The molecule has 0 radical (unpaired) electrons. The number of fused-ring (bicyclic) bond motifs is 3. The Kier molecular flexibility index (Phi) is 6.25. The Balaban J connectivity index is 1.48. The Hall–Kier alpha value is -3.86. The molecule has 1 aliphatic carbocycles. The van der Waals surface area contributed by atoms with Gasteiger partial charge in [-0.2, -0.15) is 0 Å². The number of nitrogens with zero attached hydrogens (tertiary/aromatic N) is 3. The van der Waals surface area contributed by atoms with Gasteiger partial charge in [-0.15, -0.1) is 10.0 Å². The Morgan fingerprint density at radius 1 is 0.775 bits per heavy atom. The first-order valence-electron chi connectivity index (χ1n) is 14.1. The summed E-state index contributed by atoms with van der Waals surface area (Å²) < 4.78 is 0. The van der Waals surface area contributed by atoms with E-state index in [1.807, 2.05) is 0 Å². The lowest BCUT2D eigenvalue weighted by Crippen LogP contribution is -2.43. The first kappa shape index (κ1) is 25.1. The molecule has 4 aromatic rings. The third kappa shape index (κ3) is 3.81. The Morgan fingerprint density at radius 2 is 1.38 bits per heavy atom. The van der Waals surface area contributed by atoms with Crippen molar-refractivity contribution >= 4 is 27.6 Å². The normalized spacial score (nSPS) is 24.4. The van der Waals surface area contributed by atoms with Crippen molar-refractivity contribution in [2.24, 2.45) is 4.99 Å². The first-order valence-corrected chi connectivity index (χ1v) is 15.8. The zero-order valence-electron chi connectivity index (χ0n) is 23.1. The van der Waals surface area contributed by atoms with E-state index in [2.05, 4.69) is 163 Å². The molecule has 3 aliphatic rings. The van der Waals surface area contributed by atoms with Crippen LogP contribution in [-0.4, -0.2) is 42.2 Å². The average Bonchev–Trinajstić information content (AvgIpc) is 3.27. The van der Waals surface area contributed by atoms with E-state index in [0.717, 1.165) is 13.1 Å². The maximum atomic E-state index is 5.28. The van der Waals surface area contributed by atoms with Gasteiger partial charge in [0.1, 0.15) is 5.37 Å². The standard InChI is InChI=1S/C36H35N3S/c1-36-23-22-31(26-33(36)32-20-12-13-21-34(32)39(36)28-14-6-3-7-15-28)40(29-16-8-4-9-17-29,30-18-10-5-11-19-30)35-27-38(2)25-24-37-35/h3-24,26,33,35H,25,27H2,1-2H3. The number of benzene rings is 4. The van der Waals surface area contributed by atoms with Crippen molar-refractivity contribution < 1.29 is 0 Å². The van der Waals surface area contributed by atoms with E-state index in [9.17, 15) is 0 Å². The molecule has 7 rings (SSSR count). The predicted octanol–water partition coefficient (Wildman–Crippen LogP) is 8.40. The number of hydrogen-bond acceptors (Lipinski definition) is 3. The molecule has 0 saturated heterocycles. The smallest absolute Gasteiger partial charge is 0.104 e. The van der Waals surface area contributed by atoms with Gasteiger partial charge in [-0.3, -0.25) is 9.89 Å². The second-order valence-electron chi connectivity index (χ2n) is 11.1. The maximum absolute atomic E-state index is 5.28. The average molecular weight is 542 g/mol. The fourth-order valence-corrected chi connectivity index (χ4v) is 11.1. The van der Waals surface area contributed by atoms with Crippen LogP contribution in [-0.2, 0) is 0 Å². The highest BCUT2D eigenvalue weighted by atomic mass is 32.3. The SMILES string of the molecule is CN1CC=NC(S(C2=CC3c4ccccc4N(c4ccccc4)C3(C)C=C2)(c2ccccc2)c2ccccc2)C1. The van der Waals surface area contributed by atoms with Crippen molar-refractivity contribution in [3.05, 3.63) is 144 Å². The molecule has 3 nitrogen and oxygen atoms in total. The molecule has 40 heavy (non-hydrogen) atoms. The van der Waals surface area contributed by atoms with Crippen LogP contribution in [0, 0.1) is 0 Å². The Bertz CT molecular complexity index is 1560. The van der Waals surface area contributed by atoms with Crippen LogP contribution in [0.4, 0.5) is 11.4 Å². The summed E-state index contributed by atoms with van der Waals surface area (Å²) in [6.45, 7) is 4.21. The topological polar surface area (TPSA) is 18.8 Å². The summed E-state index contributed by atoms with van der Waals surface area (Å²) in [7, 11) is 0.490. The van der Waals surface area contributed by atoms with E-state index < -0.39 is 10.0 Å². The van der Waals surface area contributed by atoms with E-state index in [-0.39, 0.29) is 16.8 Å². The van der Waals surface area contributed by atoms with Crippen LogP contribution in [0.2, 0.25) is 0 Å². The summed E-state index contributed by atoms with van der Waals surface area (Å²) in [5.41, 5.74) is 3.69. The molecule has 4 heteroatoms. The summed E-state index contributed by atoms with van der Waals surface area (Å²) in [6.07, 6.45) is 9.64. The monoisotopic (exact) mass is 541 g/mol. The minimum absolute atomic E-state index is 0.123. The van der Waals surface area contributed by atoms with Crippen molar-refractivity contribution in [2.45, 2.75) is 33.5 Å². The number of likely N-dealkylation sites (N-methyl/N-ethyl adjacent to an activating group) is 1. The van der Waals surface area contributed by atoms with Crippen LogP contribution in [0.5, 0.6) is 0 Å². The molecule has 0 aromatic heterocycles. The van der Waals surface area contributed by atoms with E-state index >= 15 is 0 Å². The van der Waals surface area contributed by atoms with Crippen LogP contribution in [0.25, 0.3) is 0 Å². The fraction of sp³-hybridized carbons (Fsp3) is 0.194. The van der Waals surface area contributed by atoms with Gasteiger partial charge in [0, 0.05) is 46.4 Å². The first-order chi connectivity index (χ1) is 19.6. The maximum Gasteiger partial charge on any atom is 0.104 e. The highest BCUT2D eigenvalue weighted by Crippen LogP contribution is 2.73. The summed E-state index contributed by atoms with van der Waals surface area (Å²) in [5, 5.41) is 0.123. The largest absolute Gasteiger partial charge is 0.331 e. The van der Waals surface area contributed by atoms with Crippen molar-refractivity contribution in [1.82, 2.24) is 4.90 Å². The molecule has 0 amide bonds. The second kappa shape index (κ2) is 9.96. The number of para-hydroxylation sites is 2. The minimum atomic E-state index is -1.72. The molecule has 3 atom stereocenters. The van der Waals surface area contributed by atoms with Crippen LogP contribution in [0.15, 0.2) is 153 Å². The number of hydrogen-bond donors (Lipinski definition) is 0. The van der Waals surface area contributed by atoms with Gasteiger partial charge in [-0.25, -0.2) is 0 Å². The van der Waals surface area contributed by atoms with Crippen molar-refractivity contribution in [1.29, 1.82) is 0 Å². The van der Waals surface area contributed by atoms with E-state index in [1.165, 1.54) is 31.6 Å². The summed E-state index contributed by atoms with van der Waals surface area (Å²) >= 11 is 0. The van der Waals surface area contributed by atoms with Gasteiger partial charge in [0.2, 0.25) is 0 Å². The fourth-order valence-electron chi connectivity index (χ4n) is 6.83. The van der Waals surface area contributed by atoms with Crippen molar-refractivity contribution in [3.8, 4) is 0 Å². The summed E-state index contributed by atoms with van der Waals surface area (Å²) in [4.78, 5) is 14.3. The molecule has 0 saturated carbocycles. The molecule has 0 fully saturated rings. The summed E-state index contributed by atoms with van der Waals surface area (Å²) in [6, 6.07) is 42.1. The lowest BCUT2D eigenvalue weighted by Gasteiger charge is -2.50. The molecule has 0 bridgehead atoms.